The molecule has 0 amide bonds. The van der Waals surface area contributed by atoms with Crippen LogP contribution in [0.2, 0.25) is 0 Å². The zero-order chi connectivity index (χ0) is 14.9. The molecule has 0 bridgehead atoms. The number of benzene rings is 1. The number of halogens is 2. The van der Waals surface area contributed by atoms with Gasteiger partial charge in [-0.3, -0.25) is 0 Å². The van der Waals surface area contributed by atoms with E-state index in [1.165, 1.54) is 4.31 Å². The van der Waals surface area contributed by atoms with Crippen LogP contribution in [-0.2, 0) is 10.0 Å². The highest BCUT2D eigenvalue weighted by Gasteiger charge is 2.31. The van der Waals surface area contributed by atoms with E-state index >= 15 is 0 Å². The molecule has 1 heterocycles. The molecular weight excluding hydrogens is 286 g/mol. The Bertz CT molecular complexity index is 590. The van der Waals surface area contributed by atoms with E-state index in [4.69, 9.17) is 5.73 Å². The molecule has 1 aliphatic rings. The Morgan fingerprint density at radius 2 is 2.05 bits per heavy atom. The van der Waals surface area contributed by atoms with E-state index in [-0.39, 0.29) is 16.9 Å². The highest BCUT2D eigenvalue weighted by molar-refractivity contribution is 7.89. The Labute approximate surface area is 117 Å². The van der Waals surface area contributed by atoms with Gasteiger partial charge in [0.25, 0.3) is 0 Å². The van der Waals surface area contributed by atoms with Crippen LogP contribution < -0.4 is 5.73 Å². The molecule has 7 heteroatoms. The van der Waals surface area contributed by atoms with Crippen LogP contribution in [0.4, 0.5) is 8.78 Å². The lowest BCUT2D eigenvalue weighted by molar-refractivity contribution is 0.243. The number of nitrogens with two attached hydrogens (primary N) is 1. The molecule has 20 heavy (non-hydrogen) atoms. The van der Waals surface area contributed by atoms with Crippen LogP contribution in [0.25, 0.3) is 0 Å². The van der Waals surface area contributed by atoms with Crippen molar-refractivity contribution in [1.29, 1.82) is 0 Å². The van der Waals surface area contributed by atoms with Crippen molar-refractivity contribution in [3.05, 3.63) is 29.8 Å². The molecule has 2 atom stereocenters. The first-order chi connectivity index (χ1) is 9.32. The highest BCUT2D eigenvalue weighted by atomic mass is 32.2. The van der Waals surface area contributed by atoms with Crippen molar-refractivity contribution in [3.8, 4) is 0 Å². The van der Waals surface area contributed by atoms with Crippen molar-refractivity contribution < 1.29 is 17.2 Å². The second-order valence-electron chi connectivity index (χ2n) is 5.20. The van der Waals surface area contributed by atoms with Gasteiger partial charge >= 0.3 is 0 Å². The summed E-state index contributed by atoms with van der Waals surface area (Å²) >= 11 is 0. The zero-order valence-corrected chi connectivity index (χ0v) is 12.0. The average Bonchev–Trinajstić information content (AvgIpc) is 2.42. The van der Waals surface area contributed by atoms with Gasteiger partial charge in [-0.25, -0.2) is 17.2 Å². The maximum atomic E-state index is 13.2. The monoisotopic (exact) mass is 304 g/mol. The molecule has 1 aromatic rings. The number of hydrogen-bond donors (Lipinski definition) is 1. The fourth-order valence-electron chi connectivity index (χ4n) is 2.41. The third-order valence-corrected chi connectivity index (χ3v) is 5.55. The average molecular weight is 304 g/mol. The van der Waals surface area contributed by atoms with E-state index in [1.54, 1.807) is 0 Å². The number of nitrogens with zero attached hydrogens (tertiary/aromatic N) is 1. The van der Waals surface area contributed by atoms with Crippen LogP contribution in [0.3, 0.4) is 0 Å². The third kappa shape index (κ3) is 2.99. The van der Waals surface area contributed by atoms with E-state index in [0.717, 1.165) is 31.0 Å². The van der Waals surface area contributed by atoms with Gasteiger partial charge in [0.05, 0.1) is 4.90 Å². The molecule has 0 radical (unpaired) electrons. The van der Waals surface area contributed by atoms with Gasteiger partial charge in [-0.05, 0) is 43.9 Å². The van der Waals surface area contributed by atoms with Crippen LogP contribution in [0.1, 0.15) is 19.8 Å². The van der Waals surface area contributed by atoms with Crippen LogP contribution in [-0.4, -0.2) is 31.9 Å². The predicted molar refractivity (Wildman–Crippen MR) is 71.5 cm³/mol. The molecule has 1 saturated heterocycles. The maximum Gasteiger partial charge on any atom is 0.243 e. The predicted octanol–water partition coefficient (Wildman–Crippen LogP) is 1.71. The molecule has 2 N–H and O–H groups in total. The summed E-state index contributed by atoms with van der Waals surface area (Å²) in [6.07, 6.45) is 1.59. The van der Waals surface area contributed by atoms with E-state index < -0.39 is 21.7 Å². The summed E-state index contributed by atoms with van der Waals surface area (Å²) in [6.45, 7) is 2.54. The van der Waals surface area contributed by atoms with Crippen molar-refractivity contribution in [2.75, 3.05) is 13.1 Å². The first-order valence-corrected chi connectivity index (χ1v) is 7.97. The van der Waals surface area contributed by atoms with E-state index in [0.29, 0.717) is 13.1 Å². The molecular formula is C13H18F2N2O2S. The number of rotatable bonds is 3. The number of piperidine rings is 1. The van der Waals surface area contributed by atoms with Crippen molar-refractivity contribution in [3.63, 3.8) is 0 Å². The number of hydrogen-bond acceptors (Lipinski definition) is 3. The minimum absolute atomic E-state index is 0.0869. The minimum Gasteiger partial charge on any atom is -0.328 e. The van der Waals surface area contributed by atoms with Crippen molar-refractivity contribution in [2.24, 2.45) is 11.7 Å². The topological polar surface area (TPSA) is 63.4 Å². The van der Waals surface area contributed by atoms with E-state index in [9.17, 15) is 17.2 Å². The van der Waals surface area contributed by atoms with E-state index in [2.05, 4.69) is 0 Å². The molecule has 0 unspecified atom stereocenters. The Kier molecular flexibility index (Phi) is 4.41. The summed E-state index contributed by atoms with van der Waals surface area (Å²) in [5.74, 6) is -2.13. The fourth-order valence-corrected chi connectivity index (χ4v) is 3.96. The quantitative estimate of drug-likeness (QED) is 0.924. The molecule has 0 aliphatic carbocycles. The molecule has 0 saturated carbocycles. The van der Waals surface area contributed by atoms with Gasteiger partial charge in [-0.15, -0.1) is 0 Å². The highest BCUT2D eigenvalue weighted by Crippen LogP contribution is 2.25. The number of sulfonamides is 1. The minimum atomic E-state index is -3.80. The van der Waals surface area contributed by atoms with Gasteiger partial charge < -0.3 is 5.73 Å². The lowest BCUT2D eigenvalue weighted by atomic mass is 9.93. The second kappa shape index (κ2) is 5.75. The summed E-state index contributed by atoms with van der Waals surface area (Å²) < 4.78 is 52.2. The van der Waals surface area contributed by atoms with Gasteiger partial charge in [0, 0.05) is 19.1 Å². The van der Waals surface area contributed by atoms with Crippen LogP contribution >= 0.6 is 0 Å². The van der Waals surface area contributed by atoms with Crippen LogP contribution in [0.5, 0.6) is 0 Å². The lowest BCUT2D eigenvalue weighted by Crippen LogP contribution is -2.44. The molecule has 0 spiro atoms. The first-order valence-electron chi connectivity index (χ1n) is 6.53. The van der Waals surface area contributed by atoms with Gasteiger partial charge in [-0.1, -0.05) is 0 Å². The summed E-state index contributed by atoms with van der Waals surface area (Å²) in [5.41, 5.74) is 5.82. The van der Waals surface area contributed by atoms with Gasteiger partial charge in [0.2, 0.25) is 10.0 Å². The largest absolute Gasteiger partial charge is 0.328 e. The van der Waals surface area contributed by atoms with Gasteiger partial charge in [0.15, 0.2) is 11.6 Å². The standard InChI is InChI=1S/C13H18F2N2O2S/c1-9(16)10-3-2-6-17(8-10)20(18,19)11-4-5-12(14)13(15)7-11/h4-5,7,9-10H,2-3,6,8,16H2,1H3/t9-,10-/m0/s1. The first kappa shape index (κ1) is 15.3. The molecule has 1 aliphatic heterocycles. The lowest BCUT2D eigenvalue weighted by Gasteiger charge is -2.33. The summed E-state index contributed by atoms with van der Waals surface area (Å²) in [5, 5.41) is 0. The second-order valence-corrected chi connectivity index (χ2v) is 7.14. The SMILES string of the molecule is C[C@H](N)[C@H]1CCCN(S(=O)(=O)c2ccc(F)c(F)c2)C1. The normalized spacial score (nSPS) is 22.7. The summed E-state index contributed by atoms with van der Waals surface area (Å²) in [7, 11) is -3.80. The third-order valence-electron chi connectivity index (χ3n) is 3.69. The Morgan fingerprint density at radius 3 is 2.65 bits per heavy atom. The van der Waals surface area contributed by atoms with Gasteiger partial charge in [0.1, 0.15) is 0 Å². The molecule has 2 rings (SSSR count). The Hall–Kier alpha value is -1.05. The molecule has 112 valence electrons. The van der Waals surface area contributed by atoms with Crippen molar-refractivity contribution >= 4 is 10.0 Å². The Morgan fingerprint density at radius 1 is 1.35 bits per heavy atom. The molecule has 1 aromatic carbocycles. The van der Waals surface area contributed by atoms with Crippen molar-refractivity contribution in [2.45, 2.75) is 30.7 Å². The summed E-state index contributed by atoms with van der Waals surface area (Å²) in [4.78, 5) is -0.221. The molecule has 1 fully saturated rings. The molecule has 4 nitrogen and oxygen atoms in total. The fraction of sp³-hybridized carbons (Fsp3) is 0.538. The molecule has 0 aromatic heterocycles. The Balaban J connectivity index is 2.27. The van der Waals surface area contributed by atoms with Crippen LogP contribution in [0, 0.1) is 17.6 Å². The smallest absolute Gasteiger partial charge is 0.243 e. The van der Waals surface area contributed by atoms with Crippen LogP contribution in [0.15, 0.2) is 23.1 Å². The zero-order valence-electron chi connectivity index (χ0n) is 11.2. The van der Waals surface area contributed by atoms with Crippen molar-refractivity contribution in [1.82, 2.24) is 4.31 Å². The van der Waals surface area contributed by atoms with Gasteiger partial charge in [-0.2, -0.15) is 4.31 Å². The summed E-state index contributed by atoms with van der Waals surface area (Å²) in [6, 6.07) is 2.54. The van der Waals surface area contributed by atoms with E-state index in [1.807, 2.05) is 6.92 Å². The maximum absolute atomic E-state index is 13.2.